The van der Waals surface area contributed by atoms with E-state index in [1.807, 2.05) is 6.07 Å². The zero-order valence-corrected chi connectivity index (χ0v) is 9.56. The number of fused-ring (bicyclic) bond motifs is 2. The van der Waals surface area contributed by atoms with Crippen molar-refractivity contribution >= 4 is 22.9 Å². The Hall–Kier alpha value is -0.870. The predicted octanol–water partition coefficient (Wildman–Crippen LogP) is 1.66. The highest BCUT2D eigenvalue weighted by Crippen LogP contribution is 2.47. The van der Waals surface area contributed by atoms with E-state index in [2.05, 4.69) is 22.6 Å². The topological polar surface area (TPSA) is 32.3 Å². The van der Waals surface area contributed by atoms with E-state index in [-0.39, 0.29) is 11.3 Å². The van der Waals surface area contributed by atoms with Gasteiger partial charge >= 0.3 is 0 Å². The van der Waals surface area contributed by atoms with Crippen molar-refractivity contribution in [3.8, 4) is 0 Å². The lowest BCUT2D eigenvalue weighted by Gasteiger charge is -2.35. The zero-order chi connectivity index (χ0) is 10.5. The maximum atomic E-state index is 12.1. The maximum Gasteiger partial charge on any atom is 0.236 e. The molecule has 0 atom stereocenters. The molecule has 1 N–H and O–H groups in total. The molecule has 80 valence electrons. The summed E-state index contributed by atoms with van der Waals surface area (Å²) in [4.78, 5) is 15.6. The monoisotopic (exact) mass is 222 g/mol. The molecule has 0 bridgehead atoms. The molecule has 1 amide bonds. The van der Waals surface area contributed by atoms with Gasteiger partial charge in [-0.1, -0.05) is 0 Å². The molecule has 15 heavy (non-hydrogen) atoms. The fourth-order valence-electron chi connectivity index (χ4n) is 2.58. The summed E-state index contributed by atoms with van der Waals surface area (Å²) in [5, 5.41) is 5.08. The number of nitrogens with zero attached hydrogens (tertiary/aromatic N) is 1. The Bertz CT molecular complexity index is 404. The second kappa shape index (κ2) is 3.06. The zero-order valence-electron chi connectivity index (χ0n) is 8.75. The average Bonchev–Trinajstić information content (AvgIpc) is 2.75. The molecule has 3 nitrogen and oxygen atoms in total. The normalized spacial score (nSPS) is 24.2. The highest BCUT2D eigenvalue weighted by molar-refractivity contribution is 7.11. The van der Waals surface area contributed by atoms with E-state index in [9.17, 15) is 4.79 Å². The summed E-state index contributed by atoms with van der Waals surface area (Å²) in [6.07, 6.45) is 1.92. The van der Waals surface area contributed by atoms with E-state index in [4.69, 9.17) is 0 Å². The van der Waals surface area contributed by atoms with Gasteiger partial charge in [-0.05, 0) is 44.4 Å². The van der Waals surface area contributed by atoms with Crippen LogP contribution in [-0.4, -0.2) is 30.9 Å². The summed E-state index contributed by atoms with van der Waals surface area (Å²) in [6.45, 7) is 2.04. The number of thiophene rings is 1. The fraction of sp³-hybridized carbons (Fsp3) is 0.545. The molecule has 0 aliphatic carbocycles. The molecule has 2 aliphatic rings. The summed E-state index contributed by atoms with van der Waals surface area (Å²) >= 11 is 1.72. The molecule has 4 heteroatoms. The van der Waals surface area contributed by atoms with Crippen molar-refractivity contribution in [1.82, 2.24) is 4.90 Å². The third-order valence-corrected chi connectivity index (χ3v) is 4.74. The van der Waals surface area contributed by atoms with Gasteiger partial charge in [-0.15, -0.1) is 11.3 Å². The minimum Gasteiger partial charge on any atom is -0.324 e. The number of hydrogen-bond acceptors (Lipinski definition) is 3. The van der Waals surface area contributed by atoms with Gasteiger partial charge in [-0.2, -0.15) is 0 Å². The van der Waals surface area contributed by atoms with Crippen molar-refractivity contribution in [3.05, 3.63) is 16.3 Å². The number of hydrogen-bond donors (Lipinski definition) is 1. The molecule has 0 aromatic carbocycles. The van der Waals surface area contributed by atoms with Crippen LogP contribution in [-0.2, 0) is 10.2 Å². The number of carbonyl (C=O) groups excluding carboxylic acids is 1. The Balaban J connectivity index is 2.01. The first-order chi connectivity index (χ1) is 7.22. The first-order valence-corrected chi connectivity index (χ1v) is 6.18. The van der Waals surface area contributed by atoms with Crippen LogP contribution >= 0.6 is 11.3 Å². The van der Waals surface area contributed by atoms with Crippen molar-refractivity contribution < 1.29 is 4.79 Å². The van der Waals surface area contributed by atoms with Gasteiger partial charge in [0.05, 0.1) is 11.1 Å². The van der Waals surface area contributed by atoms with Crippen LogP contribution in [0.15, 0.2) is 11.4 Å². The molecule has 1 fully saturated rings. The van der Waals surface area contributed by atoms with Crippen molar-refractivity contribution in [3.63, 3.8) is 0 Å². The molecule has 1 spiro atoms. The number of nitrogens with one attached hydrogen (secondary N) is 1. The van der Waals surface area contributed by atoms with Crippen molar-refractivity contribution in [2.75, 3.05) is 25.5 Å². The van der Waals surface area contributed by atoms with Gasteiger partial charge in [0, 0.05) is 4.88 Å². The Morgan fingerprint density at radius 1 is 1.47 bits per heavy atom. The minimum absolute atomic E-state index is 0.198. The van der Waals surface area contributed by atoms with E-state index in [0.29, 0.717) is 0 Å². The summed E-state index contributed by atoms with van der Waals surface area (Å²) in [5.41, 5.74) is 0.852. The molecular weight excluding hydrogens is 208 g/mol. The van der Waals surface area contributed by atoms with Crippen LogP contribution in [0.5, 0.6) is 0 Å². The van der Waals surface area contributed by atoms with Crippen molar-refractivity contribution in [2.24, 2.45) is 0 Å². The van der Waals surface area contributed by atoms with E-state index >= 15 is 0 Å². The molecule has 3 heterocycles. The first kappa shape index (κ1) is 9.36. The smallest absolute Gasteiger partial charge is 0.236 e. The van der Waals surface area contributed by atoms with Gasteiger partial charge in [0.15, 0.2) is 0 Å². The summed E-state index contributed by atoms with van der Waals surface area (Å²) < 4.78 is 0. The van der Waals surface area contributed by atoms with Crippen molar-refractivity contribution in [2.45, 2.75) is 18.3 Å². The van der Waals surface area contributed by atoms with Crippen LogP contribution in [0.2, 0.25) is 0 Å². The number of piperidine rings is 1. The van der Waals surface area contributed by atoms with Crippen LogP contribution < -0.4 is 5.32 Å². The van der Waals surface area contributed by atoms with Crippen LogP contribution in [0.4, 0.5) is 5.69 Å². The number of likely N-dealkylation sites (tertiary alicyclic amines) is 1. The minimum atomic E-state index is -0.198. The van der Waals surface area contributed by atoms with Crippen LogP contribution in [0.1, 0.15) is 17.7 Å². The van der Waals surface area contributed by atoms with E-state index in [1.54, 1.807) is 11.3 Å². The number of anilines is 1. The summed E-state index contributed by atoms with van der Waals surface area (Å²) in [5.74, 6) is 0.220. The predicted molar refractivity (Wildman–Crippen MR) is 61.4 cm³/mol. The standard InChI is InChI=1S/C11H14N2OS/c1-13-5-3-11(4-6-13)9-8(2-7-15-9)12-10(11)14/h2,7H,3-6H2,1H3,(H,12,14). The quantitative estimate of drug-likeness (QED) is 0.724. The second-order valence-corrected chi connectivity index (χ2v) is 5.42. The molecule has 1 aromatic rings. The first-order valence-electron chi connectivity index (χ1n) is 5.30. The lowest BCUT2D eigenvalue weighted by atomic mass is 9.78. The van der Waals surface area contributed by atoms with Crippen LogP contribution in [0, 0.1) is 0 Å². The van der Waals surface area contributed by atoms with Crippen LogP contribution in [0.3, 0.4) is 0 Å². The largest absolute Gasteiger partial charge is 0.324 e. The molecular formula is C11H14N2OS. The highest BCUT2D eigenvalue weighted by atomic mass is 32.1. The number of carbonyl (C=O) groups is 1. The van der Waals surface area contributed by atoms with Crippen LogP contribution in [0.25, 0.3) is 0 Å². The Labute approximate surface area is 93.1 Å². The van der Waals surface area contributed by atoms with Crippen molar-refractivity contribution in [1.29, 1.82) is 0 Å². The second-order valence-electron chi connectivity index (χ2n) is 4.50. The molecule has 0 saturated carbocycles. The Kier molecular flexibility index (Phi) is 1.91. The third-order valence-electron chi connectivity index (χ3n) is 3.62. The van der Waals surface area contributed by atoms with E-state index < -0.39 is 0 Å². The van der Waals surface area contributed by atoms with Gasteiger partial charge in [0.2, 0.25) is 5.91 Å². The average molecular weight is 222 g/mol. The third kappa shape index (κ3) is 1.18. The Morgan fingerprint density at radius 2 is 2.20 bits per heavy atom. The number of amides is 1. The lowest BCUT2D eigenvalue weighted by Crippen LogP contribution is -2.44. The fourth-order valence-corrected chi connectivity index (χ4v) is 3.69. The van der Waals surface area contributed by atoms with E-state index in [1.165, 1.54) is 4.88 Å². The van der Waals surface area contributed by atoms with E-state index in [0.717, 1.165) is 31.6 Å². The molecule has 2 aliphatic heterocycles. The molecule has 1 aromatic heterocycles. The maximum absolute atomic E-state index is 12.1. The van der Waals surface area contributed by atoms with Gasteiger partial charge < -0.3 is 10.2 Å². The SMILES string of the molecule is CN1CCC2(CC1)C(=O)Nc1ccsc12. The molecule has 0 unspecified atom stereocenters. The summed E-state index contributed by atoms with van der Waals surface area (Å²) in [7, 11) is 2.12. The van der Waals surface area contributed by atoms with Gasteiger partial charge in [0.1, 0.15) is 0 Å². The molecule has 1 saturated heterocycles. The highest BCUT2D eigenvalue weighted by Gasteiger charge is 2.48. The summed E-state index contributed by atoms with van der Waals surface area (Å²) in [6, 6.07) is 2.02. The van der Waals surface area contributed by atoms with Gasteiger partial charge in [-0.3, -0.25) is 4.79 Å². The molecule has 3 rings (SSSR count). The number of rotatable bonds is 0. The lowest BCUT2D eigenvalue weighted by molar-refractivity contribution is -0.122. The Morgan fingerprint density at radius 3 is 2.93 bits per heavy atom. The molecule has 0 radical (unpaired) electrons. The van der Waals surface area contributed by atoms with Gasteiger partial charge in [-0.25, -0.2) is 0 Å². The van der Waals surface area contributed by atoms with Gasteiger partial charge in [0.25, 0.3) is 0 Å².